The van der Waals surface area contributed by atoms with Gasteiger partial charge in [-0.3, -0.25) is 4.90 Å². The number of aryl methyl sites for hydroxylation is 1. The standard InChI is InChI=1S/C23H28FN5O3S/c1-14-8-16(28-33(4,5)30)10-18-22(14)23(26-13-25-18)27-17-7-6-15(24)9-19(17)32-21-12-29(2)11-20(21)31-3/h6-10,13,20-21H,11-12H2,1-5H3,(H,25,26,27)/t20-,21-/m1/s1. The van der Waals surface area contributed by atoms with Crippen LogP contribution < -0.4 is 10.1 Å². The third-order valence-corrected chi connectivity index (χ3v) is 6.07. The van der Waals surface area contributed by atoms with Crippen LogP contribution in [0.25, 0.3) is 10.9 Å². The number of likely N-dealkylation sites (N-methyl/N-ethyl adjacent to an activating group) is 1. The Balaban J connectivity index is 1.71. The van der Waals surface area contributed by atoms with Crippen molar-refractivity contribution in [3.63, 3.8) is 0 Å². The van der Waals surface area contributed by atoms with E-state index in [-0.39, 0.29) is 12.2 Å². The van der Waals surface area contributed by atoms with Gasteiger partial charge in [0.15, 0.2) is 0 Å². The van der Waals surface area contributed by atoms with Crippen LogP contribution in [0.1, 0.15) is 5.56 Å². The highest BCUT2D eigenvalue weighted by molar-refractivity contribution is 7.92. The summed E-state index contributed by atoms with van der Waals surface area (Å²) in [5.74, 6) is 0.541. The van der Waals surface area contributed by atoms with Crippen molar-refractivity contribution in [1.29, 1.82) is 0 Å². The highest BCUT2D eigenvalue weighted by Gasteiger charge is 2.33. The molecule has 1 N–H and O–H groups in total. The van der Waals surface area contributed by atoms with Crippen LogP contribution in [0.4, 0.5) is 21.6 Å². The third kappa shape index (κ3) is 5.40. The highest BCUT2D eigenvalue weighted by atomic mass is 32.2. The fourth-order valence-electron chi connectivity index (χ4n) is 4.03. The summed E-state index contributed by atoms with van der Waals surface area (Å²) in [7, 11) is 1.34. The van der Waals surface area contributed by atoms with Gasteiger partial charge in [0.2, 0.25) is 0 Å². The molecule has 0 radical (unpaired) electrons. The molecule has 2 heterocycles. The lowest BCUT2D eigenvalue weighted by Crippen LogP contribution is -2.31. The molecule has 2 atom stereocenters. The average Bonchev–Trinajstić information content (AvgIpc) is 3.07. The maximum Gasteiger partial charge on any atom is 0.146 e. The van der Waals surface area contributed by atoms with Crippen LogP contribution in [0.15, 0.2) is 41.0 Å². The van der Waals surface area contributed by atoms with Crippen molar-refractivity contribution in [3.8, 4) is 5.75 Å². The fraction of sp³-hybridized carbons (Fsp3) is 0.391. The molecule has 0 bridgehead atoms. The number of nitrogens with one attached hydrogen (secondary N) is 1. The largest absolute Gasteiger partial charge is 0.484 e. The van der Waals surface area contributed by atoms with Crippen molar-refractivity contribution in [3.05, 3.63) is 48.0 Å². The van der Waals surface area contributed by atoms with Crippen LogP contribution >= 0.6 is 0 Å². The Kier molecular flexibility index (Phi) is 6.51. The number of halogens is 1. The lowest BCUT2D eigenvalue weighted by Gasteiger charge is -2.21. The lowest BCUT2D eigenvalue weighted by atomic mass is 10.1. The molecule has 3 aromatic rings. The van der Waals surface area contributed by atoms with Crippen LogP contribution in [0.3, 0.4) is 0 Å². The molecule has 0 amide bonds. The molecule has 0 aliphatic carbocycles. The second-order valence-electron chi connectivity index (χ2n) is 8.57. The number of benzene rings is 2. The van der Waals surface area contributed by atoms with Crippen molar-refractivity contribution < 1.29 is 18.1 Å². The molecule has 4 rings (SSSR count). The monoisotopic (exact) mass is 473 g/mol. The summed E-state index contributed by atoms with van der Waals surface area (Å²) in [6.45, 7) is 3.33. The van der Waals surface area contributed by atoms with Crippen molar-refractivity contribution in [2.24, 2.45) is 4.36 Å². The van der Waals surface area contributed by atoms with Gasteiger partial charge in [0.25, 0.3) is 0 Å². The Morgan fingerprint density at radius 1 is 1.18 bits per heavy atom. The zero-order valence-corrected chi connectivity index (χ0v) is 20.1. The highest BCUT2D eigenvalue weighted by Crippen LogP contribution is 2.34. The van der Waals surface area contributed by atoms with Gasteiger partial charge in [-0.25, -0.2) is 18.6 Å². The number of hydrogen-bond donors (Lipinski definition) is 1. The van der Waals surface area contributed by atoms with E-state index in [9.17, 15) is 8.60 Å². The van der Waals surface area contributed by atoms with Crippen LogP contribution in [0.2, 0.25) is 0 Å². The third-order valence-electron chi connectivity index (χ3n) is 5.42. The Bertz CT molecular complexity index is 1300. The SMILES string of the molecule is CO[C@@H]1CN(C)C[C@H]1Oc1cc(F)ccc1Nc1ncnc2cc(N=S(C)(C)=O)cc(C)c12. The molecule has 33 heavy (non-hydrogen) atoms. The first-order chi connectivity index (χ1) is 15.6. The van der Waals surface area contributed by atoms with E-state index in [4.69, 9.17) is 9.47 Å². The Morgan fingerprint density at radius 2 is 1.94 bits per heavy atom. The number of methoxy groups -OCH3 is 1. The molecule has 1 aromatic heterocycles. The minimum atomic E-state index is -2.30. The second kappa shape index (κ2) is 9.20. The summed E-state index contributed by atoms with van der Waals surface area (Å²) in [5.41, 5.74) is 2.72. The average molecular weight is 474 g/mol. The number of hydrogen-bond acceptors (Lipinski definition) is 8. The number of rotatable bonds is 6. The van der Waals surface area contributed by atoms with Gasteiger partial charge >= 0.3 is 0 Å². The summed E-state index contributed by atoms with van der Waals surface area (Å²) in [4.78, 5) is 10.9. The first kappa shape index (κ1) is 23.3. The number of fused-ring (bicyclic) bond motifs is 1. The van der Waals surface area contributed by atoms with Gasteiger partial charge in [0, 0.05) is 53.9 Å². The molecular formula is C23H28FN5O3S. The molecule has 0 saturated carbocycles. The summed E-state index contributed by atoms with van der Waals surface area (Å²) >= 11 is 0. The number of nitrogens with zero attached hydrogens (tertiary/aromatic N) is 4. The van der Waals surface area contributed by atoms with E-state index in [1.54, 1.807) is 31.8 Å². The van der Waals surface area contributed by atoms with E-state index in [1.807, 2.05) is 20.0 Å². The molecule has 0 unspecified atom stereocenters. The number of ether oxygens (including phenoxy) is 2. The predicted molar refractivity (Wildman–Crippen MR) is 129 cm³/mol. The van der Waals surface area contributed by atoms with Gasteiger partial charge in [0.05, 0.1) is 16.9 Å². The van der Waals surface area contributed by atoms with Gasteiger partial charge in [-0.2, -0.15) is 4.36 Å². The molecule has 1 aliphatic rings. The Morgan fingerprint density at radius 3 is 2.67 bits per heavy atom. The van der Waals surface area contributed by atoms with E-state index >= 15 is 0 Å². The van der Waals surface area contributed by atoms with Crippen molar-refractivity contribution in [1.82, 2.24) is 14.9 Å². The minimum absolute atomic E-state index is 0.109. The van der Waals surface area contributed by atoms with Gasteiger partial charge < -0.3 is 14.8 Å². The molecule has 1 aliphatic heterocycles. The Hall–Kier alpha value is -2.82. The summed E-state index contributed by atoms with van der Waals surface area (Å²) < 4.78 is 42.2. The topological polar surface area (TPSA) is 88.9 Å². The van der Waals surface area contributed by atoms with E-state index in [0.29, 0.717) is 35.0 Å². The molecule has 2 aromatic carbocycles. The normalized spacial score (nSPS) is 19.1. The van der Waals surface area contributed by atoms with Gasteiger partial charge in [0.1, 0.15) is 35.9 Å². The van der Waals surface area contributed by atoms with Crippen molar-refractivity contribution >= 4 is 37.8 Å². The minimum Gasteiger partial charge on any atom is -0.484 e. The van der Waals surface area contributed by atoms with Crippen LogP contribution in [0.5, 0.6) is 5.75 Å². The molecule has 0 spiro atoms. The smallest absolute Gasteiger partial charge is 0.146 e. The van der Waals surface area contributed by atoms with E-state index < -0.39 is 15.5 Å². The van der Waals surface area contributed by atoms with Gasteiger partial charge in [-0.05, 0) is 43.8 Å². The molecule has 176 valence electrons. The number of anilines is 2. The first-order valence-corrected chi connectivity index (χ1v) is 12.8. The molecule has 10 heteroatoms. The molecular weight excluding hydrogens is 445 g/mol. The van der Waals surface area contributed by atoms with Crippen LogP contribution in [-0.2, 0) is 14.5 Å². The molecule has 1 fully saturated rings. The summed E-state index contributed by atoms with van der Waals surface area (Å²) in [6.07, 6.45) is 4.29. The van der Waals surface area contributed by atoms with Crippen molar-refractivity contribution in [2.75, 3.05) is 45.1 Å². The number of likely N-dealkylation sites (tertiary alicyclic amines) is 1. The Labute approximate surface area is 193 Å². The van der Waals surface area contributed by atoms with Crippen LogP contribution in [-0.4, -0.2) is 71.0 Å². The van der Waals surface area contributed by atoms with E-state index in [2.05, 4.69) is 24.5 Å². The maximum atomic E-state index is 14.1. The van der Waals surface area contributed by atoms with E-state index in [1.165, 1.54) is 18.5 Å². The zero-order chi connectivity index (χ0) is 23.8. The first-order valence-electron chi connectivity index (χ1n) is 10.5. The molecule has 8 nitrogen and oxygen atoms in total. The zero-order valence-electron chi connectivity index (χ0n) is 19.3. The van der Waals surface area contributed by atoms with Crippen molar-refractivity contribution in [2.45, 2.75) is 19.1 Å². The maximum absolute atomic E-state index is 14.1. The predicted octanol–water partition coefficient (Wildman–Crippen LogP) is 3.89. The van der Waals surface area contributed by atoms with Gasteiger partial charge in [-0.15, -0.1) is 0 Å². The second-order valence-corrected chi connectivity index (χ2v) is 11.1. The lowest BCUT2D eigenvalue weighted by molar-refractivity contribution is 0.0344. The molecule has 1 saturated heterocycles. The fourth-order valence-corrected chi connectivity index (χ4v) is 4.64. The van der Waals surface area contributed by atoms with E-state index in [0.717, 1.165) is 17.5 Å². The number of aromatic nitrogens is 2. The van der Waals surface area contributed by atoms with Gasteiger partial charge in [-0.1, -0.05) is 0 Å². The summed E-state index contributed by atoms with van der Waals surface area (Å²) in [6, 6.07) is 7.99. The van der Waals surface area contributed by atoms with Crippen LogP contribution in [0, 0.1) is 12.7 Å². The quantitative estimate of drug-likeness (QED) is 0.581. The summed E-state index contributed by atoms with van der Waals surface area (Å²) in [5, 5.41) is 4.08.